The normalized spacial score (nSPS) is 10.5. The van der Waals surface area contributed by atoms with Crippen molar-refractivity contribution >= 4 is 28.3 Å². The van der Waals surface area contributed by atoms with Crippen LogP contribution in [0.15, 0.2) is 12.1 Å². The largest absolute Gasteiger partial charge is 0.486 e. The predicted octanol–water partition coefficient (Wildman–Crippen LogP) is 3.78. The van der Waals surface area contributed by atoms with Crippen LogP contribution in [0.25, 0.3) is 0 Å². The molecule has 6 nitrogen and oxygen atoms in total. The zero-order valence-electron chi connectivity index (χ0n) is 11.7. The molecule has 0 spiro atoms. The summed E-state index contributed by atoms with van der Waals surface area (Å²) in [5, 5.41) is 28.8. The van der Waals surface area contributed by atoms with Crippen molar-refractivity contribution in [1.29, 1.82) is 10.5 Å². The van der Waals surface area contributed by atoms with Crippen LogP contribution in [0.4, 0.5) is 5.69 Å². The summed E-state index contributed by atoms with van der Waals surface area (Å²) in [7, 11) is 0. The average molecular weight is 399 g/mol. The first kappa shape index (κ1) is 17.2. The van der Waals surface area contributed by atoms with Gasteiger partial charge in [0.2, 0.25) is 5.75 Å². The summed E-state index contributed by atoms with van der Waals surface area (Å²) in [4.78, 5) is 10.5. The molecule has 1 aromatic rings. The minimum atomic E-state index is -0.558. The van der Waals surface area contributed by atoms with E-state index in [0.717, 1.165) is 0 Å². The fourth-order valence-corrected chi connectivity index (χ4v) is 2.43. The first-order valence-electron chi connectivity index (χ1n) is 6.23. The maximum absolute atomic E-state index is 11.1. The van der Waals surface area contributed by atoms with Gasteiger partial charge in [-0.05, 0) is 55.3 Å². The molecular weight excluding hydrogens is 385 g/mol. The van der Waals surface area contributed by atoms with Gasteiger partial charge in [-0.15, -0.1) is 0 Å². The second-order valence-electron chi connectivity index (χ2n) is 5.12. The van der Waals surface area contributed by atoms with E-state index in [-0.39, 0.29) is 23.6 Å². The van der Waals surface area contributed by atoms with Gasteiger partial charge in [-0.3, -0.25) is 10.1 Å². The van der Waals surface area contributed by atoms with Crippen molar-refractivity contribution in [3.63, 3.8) is 0 Å². The summed E-state index contributed by atoms with van der Waals surface area (Å²) in [5.74, 6) is 0.175. The van der Waals surface area contributed by atoms with E-state index in [1.807, 2.05) is 42.5 Å². The number of ether oxygens (including phenoxy) is 1. The maximum Gasteiger partial charge on any atom is 0.313 e. The Balaban J connectivity index is 2.83. The number of halogens is 1. The third-order valence-corrected chi connectivity index (χ3v) is 3.65. The van der Waals surface area contributed by atoms with Crippen LogP contribution in [-0.2, 0) is 0 Å². The van der Waals surface area contributed by atoms with Crippen LogP contribution >= 0.6 is 22.6 Å². The van der Waals surface area contributed by atoms with Gasteiger partial charge >= 0.3 is 5.69 Å². The SMILES string of the molecule is CC(C)(C#N)CCCOc1c(I)cc(C#N)cc1[N+](=O)[O-]. The molecule has 110 valence electrons. The van der Waals surface area contributed by atoms with E-state index < -0.39 is 10.3 Å². The third kappa shape index (κ3) is 4.87. The summed E-state index contributed by atoms with van der Waals surface area (Å²) in [5.41, 5.74) is -0.422. The number of nitriles is 2. The number of nitro groups is 1. The van der Waals surface area contributed by atoms with Gasteiger partial charge in [0.05, 0.1) is 38.2 Å². The molecule has 0 unspecified atom stereocenters. The molecule has 0 aliphatic heterocycles. The van der Waals surface area contributed by atoms with Crippen molar-refractivity contribution in [1.82, 2.24) is 0 Å². The molecule has 0 bridgehead atoms. The molecule has 0 amide bonds. The number of hydrogen-bond acceptors (Lipinski definition) is 5. The smallest absolute Gasteiger partial charge is 0.313 e. The molecule has 0 saturated carbocycles. The lowest BCUT2D eigenvalue weighted by molar-refractivity contribution is -0.386. The summed E-state index contributed by atoms with van der Waals surface area (Å²) >= 11 is 1.91. The molecule has 0 aliphatic carbocycles. The molecule has 0 heterocycles. The number of rotatable bonds is 6. The molecular formula is C14H14IN3O3. The molecule has 0 aliphatic rings. The van der Waals surface area contributed by atoms with Crippen molar-refractivity contribution in [3.8, 4) is 17.9 Å². The van der Waals surface area contributed by atoms with E-state index in [9.17, 15) is 10.1 Å². The van der Waals surface area contributed by atoms with Gasteiger partial charge in [0, 0.05) is 6.07 Å². The van der Waals surface area contributed by atoms with Crippen LogP contribution < -0.4 is 4.74 Å². The van der Waals surface area contributed by atoms with Gasteiger partial charge in [-0.2, -0.15) is 10.5 Å². The van der Waals surface area contributed by atoms with E-state index in [1.165, 1.54) is 6.07 Å². The number of benzene rings is 1. The van der Waals surface area contributed by atoms with E-state index >= 15 is 0 Å². The Hall–Kier alpha value is -1.87. The quantitative estimate of drug-likeness (QED) is 0.314. The Labute approximate surface area is 136 Å². The monoisotopic (exact) mass is 399 g/mol. The van der Waals surface area contributed by atoms with Gasteiger partial charge < -0.3 is 4.74 Å². The van der Waals surface area contributed by atoms with Gasteiger partial charge in [0.15, 0.2) is 0 Å². The number of nitrogens with zero attached hydrogens (tertiary/aromatic N) is 3. The van der Waals surface area contributed by atoms with Gasteiger partial charge in [0.1, 0.15) is 0 Å². The first-order valence-corrected chi connectivity index (χ1v) is 7.30. The van der Waals surface area contributed by atoms with Crippen molar-refractivity contribution in [3.05, 3.63) is 31.4 Å². The molecule has 0 radical (unpaired) electrons. The Kier molecular flexibility index (Phi) is 5.91. The number of nitro benzene ring substituents is 1. The highest BCUT2D eigenvalue weighted by molar-refractivity contribution is 14.1. The average Bonchev–Trinajstić information content (AvgIpc) is 2.44. The Morgan fingerprint density at radius 1 is 1.43 bits per heavy atom. The van der Waals surface area contributed by atoms with Gasteiger partial charge in [-0.25, -0.2) is 0 Å². The molecule has 1 rings (SSSR count). The molecule has 7 heteroatoms. The number of hydrogen-bond donors (Lipinski definition) is 0. The molecule has 1 aromatic carbocycles. The minimum absolute atomic E-state index is 0.175. The molecule has 0 saturated heterocycles. The third-order valence-electron chi connectivity index (χ3n) is 2.84. The summed E-state index contributed by atoms with van der Waals surface area (Å²) < 4.78 is 6.03. The standard InChI is InChI=1S/C14H14IN3O3/c1-14(2,9-17)4-3-5-21-13-11(15)6-10(8-16)7-12(13)18(19)20/h6-7H,3-5H2,1-2H3. The topological polar surface area (TPSA) is 99.9 Å². The second-order valence-corrected chi connectivity index (χ2v) is 6.29. The fraction of sp³-hybridized carbons (Fsp3) is 0.429. The highest BCUT2D eigenvalue weighted by atomic mass is 127. The lowest BCUT2D eigenvalue weighted by Gasteiger charge is -2.15. The fourth-order valence-electron chi connectivity index (χ4n) is 1.67. The lowest BCUT2D eigenvalue weighted by atomic mass is 9.90. The van der Waals surface area contributed by atoms with Crippen molar-refractivity contribution < 1.29 is 9.66 Å². The first-order chi connectivity index (χ1) is 9.80. The predicted molar refractivity (Wildman–Crippen MR) is 84.7 cm³/mol. The summed E-state index contributed by atoms with van der Waals surface area (Å²) in [6, 6.07) is 6.83. The van der Waals surface area contributed by atoms with E-state index in [4.69, 9.17) is 15.3 Å². The van der Waals surface area contributed by atoms with E-state index in [0.29, 0.717) is 16.4 Å². The minimum Gasteiger partial charge on any atom is -0.486 e. The zero-order valence-corrected chi connectivity index (χ0v) is 13.9. The van der Waals surface area contributed by atoms with E-state index in [1.54, 1.807) is 6.07 Å². The Morgan fingerprint density at radius 3 is 2.62 bits per heavy atom. The van der Waals surface area contributed by atoms with Crippen LogP contribution in [0.2, 0.25) is 0 Å². The lowest BCUT2D eigenvalue weighted by Crippen LogP contribution is -2.10. The molecule has 0 N–H and O–H groups in total. The summed E-state index contributed by atoms with van der Waals surface area (Å²) in [6.07, 6.45) is 1.26. The zero-order chi connectivity index (χ0) is 16.0. The summed E-state index contributed by atoms with van der Waals surface area (Å²) in [6.45, 7) is 3.95. The van der Waals surface area contributed by atoms with Crippen LogP contribution in [-0.4, -0.2) is 11.5 Å². The van der Waals surface area contributed by atoms with Crippen molar-refractivity contribution in [2.24, 2.45) is 5.41 Å². The molecule has 0 atom stereocenters. The highest BCUT2D eigenvalue weighted by Gasteiger charge is 2.21. The van der Waals surface area contributed by atoms with Gasteiger partial charge in [-0.1, -0.05) is 0 Å². The van der Waals surface area contributed by atoms with Crippen LogP contribution in [0.5, 0.6) is 5.75 Å². The van der Waals surface area contributed by atoms with Crippen LogP contribution in [0.3, 0.4) is 0 Å². The van der Waals surface area contributed by atoms with Crippen molar-refractivity contribution in [2.45, 2.75) is 26.7 Å². The maximum atomic E-state index is 11.1. The van der Waals surface area contributed by atoms with Gasteiger partial charge in [0.25, 0.3) is 0 Å². The Morgan fingerprint density at radius 2 is 2.10 bits per heavy atom. The van der Waals surface area contributed by atoms with Crippen LogP contribution in [0.1, 0.15) is 32.3 Å². The second kappa shape index (κ2) is 7.23. The van der Waals surface area contributed by atoms with Crippen LogP contribution in [0, 0.1) is 41.8 Å². The molecule has 0 fully saturated rings. The Bertz CT molecular complexity index is 630. The highest BCUT2D eigenvalue weighted by Crippen LogP contribution is 2.34. The molecule has 21 heavy (non-hydrogen) atoms. The molecule has 0 aromatic heterocycles. The van der Waals surface area contributed by atoms with E-state index in [2.05, 4.69) is 6.07 Å². The van der Waals surface area contributed by atoms with Crippen molar-refractivity contribution in [2.75, 3.05) is 6.61 Å².